The SMILES string of the molecule is COCCNC(N)=NCC(C)(C)c1cccc(Cl)c1.I. The second-order valence-electron chi connectivity index (χ2n) is 5.02. The number of aliphatic imine (C=N–C) groups is 1. The zero-order valence-electron chi connectivity index (χ0n) is 12.1. The number of hydrogen-bond acceptors (Lipinski definition) is 2. The van der Waals surface area contributed by atoms with E-state index in [-0.39, 0.29) is 29.4 Å². The minimum Gasteiger partial charge on any atom is -0.383 e. The monoisotopic (exact) mass is 411 g/mol. The Bertz CT molecular complexity index is 438. The topological polar surface area (TPSA) is 59.6 Å². The predicted molar refractivity (Wildman–Crippen MR) is 96.3 cm³/mol. The highest BCUT2D eigenvalue weighted by atomic mass is 127. The average molecular weight is 412 g/mol. The van der Waals surface area contributed by atoms with Gasteiger partial charge in [0.15, 0.2) is 5.96 Å². The number of nitrogens with two attached hydrogens (primary N) is 1. The van der Waals surface area contributed by atoms with Gasteiger partial charge in [0.05, 0.1) is 13.2 Å². The van der Waals surface area contributed by atoms with Crippen molar-refractivity contribution in [3.8, 4) is 0 Å². The maximum Gasteiger partial charge on any atom is 0.188 e. The van der Waals surface area contributed by atoms with Crippen molar-refractivity contribution in [2.75, 3.05) is 26.8 Å². The number of nitrogens with one attached hydrogen (secondary N) is 1. The van der Waals surface area contributed by atoms with Crippen LogP contribution in [0, 0.1) is 0 Å². The highest BCUT2D eigenvalue weighted by Gasteiger charge is 2.20. The van der Waals surface area contributed by atoms with E-state index in [1.807, 2.05) is 18.2 Å². The van der Waals surface area contributed by atoms with E-state index in [4.69, 9.17) is 22.1 Å². The molecular formula is C14H23ClIN3O. The summed E-state index contributed by atoms with van der Waals surface area (Å²) in [7, 11) is 1.65. The normalized spacial score (nSPS) is 11.9. The van der Waals surface area contributed by atoms with Crippen molar-refractivity contribution < 1.29 is 4.74 Å². The number of rotatable bonds is 6. The van der Waals surface area contributed by atoms with E-state index in [1.165, 1.54) is 0 Å². The van der Waals surface area contributed by atoms with Gasteiger partial charge in [-0.2, -0.15) is 0 Å². The number of hydrogen-bond donors (Lipinski definition) is 2. The Morgan fingerprint density at radius 2 is 2.15 bits per heavy atom. The van der Waals surface area contributed by atoms with Crippen molar-refractivity contribution >= 4 is 41.5 Å². The molecule has 0 fully saturated rings. The third-order valence-corrected chi connectivity index (χ3v) is 3.10. The Morgan fingerprint density at radius 3 is 2.75 bits per heavy atom. The van der Waals surface area contributed by atoms with Gasteiger partial charge in [-0.3, -0.25) is 4.99 Å². The lowest BCUT2D eigenvalue weighted by Gasteiger charge is -2.23. The first-order valence-electron chi connectivity index (χ1n) is 6.24. The lowest BCUT2D eigenvalue weighted by Crippen LogP contribution is -2.35. The van der Waals surface area contributed by atoms with E-state index in [1.54, 1.807) is 7.11 Å². The van der Waals surface area contributed by atoms with Gasteiger partial charge in [-0.15, -0.1) is 24.0 Å². The highest BCUT2D eigenvalue weighted by Crippen LogP contribution is 2.25. The van der Waals surface area contributed by atoms with Gasteiger partial charge in [-0.05, 0) is 17.7 Å². The number of halogens is 2. The average Bonchev–Trinajstić information content (AvgIpc) is 2.37. The summed E-state index contributed by atoms with van der Waals surface area (Å²) in [6, 6.07) is 7.83. The lowest BCUT2D eigenvalue weighted by molar-refractivity contribution is 0.204. The lowest BCUT2D eigenvalue weighted by atomic mass is 9.85. The molecule has 20 heavy (non-hydrogen) atoms. The molecule has 0 aromatic heterocycles. The number of guanidine groups is 1. The van der Waals surface area contributed by atoms with Gasteiger partial charge in [0.2, 0.25) is 0 Å². The zero-order chi connectivity index (χ0) is 14.3. The quantitative estimate of drug-likeness (QED) is 0.327. The fourth-order valence-corrected chi connectivity index (χ4v) is 1.81. The minimum absolute atomic E-state index is 0. The molecule has 1 aromatic carbocycles. The molecule has 1 aromatic rings. The van der Waals surface area contributed by atoms with Crippen LogP contribution in [0.25, 0.3) is 0 Å². The van der Waals surface area contributed by atoms with Crippen LogP contribution < -0.4 is 11.1 Å². The first-order valence-corrected chi connectivity index (χ1v) is 6.62. The van der Waals surface area contributed by atoms with Crippen LogP contribution in [0.1, 0.15) is 19.4 Å². The number of nitrogens with zero attached hydrogens (tertiary/aromatic N) is 1. The number of ether oxygens (including phenoxy) is 1. The van der Waals surface area contributed by atoms with Crippen LogP contribution in [0.3, 0.4) is 0 Å². The standard InChI is InChI=1S/C14H22ClN3O.HI/c1-14(2,11-5-4-6-12(15)9-11)10-18-13(16)17-7-8-19-3;/h4-6,9H,7-8,10H2,1-3H3,(H3,16,17,18);1H. The van der Waals surface area contributed by atoms with Gasteiger partial charge in [-0.25, -0.2) is 0 Å². The second kappa shape index (κ2) is 9.41. The molecule has 3 N–H and O–H groups in total. The molecule has 4 nitrogen and oxygen atoms in total. The highest BCUT2D eigenvalue weighted by molar-refractivity contribution is 14.0. The van der Waals surface area contributed by atoms with Crippen LogP contribution in [0.4, 0.5) is 0 Å². The van der Waals surface area contributed by atoms with E-state index in [0.717, 1.165) is 10.6 Å². The maximum absolute atomic E-state index is 6.01. The molecule has 0 bridgehead atoms. The van der Waals surface area contributed by atoms with Crippen LogP contribution in [-0.4, -0.2) is 32.8 Å². The molecule has 1 rings (SSSR count). The van der Waals surface area contributed by atoms with Crippen molar-refractivity contribution in [3.05, 3.63) is 34.9 Å². The maximum atomic E-state index is 6.01. The molecule has 0 amide bonds. The Hall–Kier alpha value is -0.530. The molecule has 0 spiro atoms. The van der Waals surface area contributed by atoms with Gasteiger partial charge < -0.3 is 15.8 Å². The number of benzene rings is 1. The van der Waals surface area contributed by atoms with Gasteiger partial charge >= 0.3 is 0 Å². The third kappa shape index (κ3) is 6.76. The Morgan fingerprint density at radius 1 is 1.45 bits per heavy atom. The van der Waals surface area contributed by atoms with Crippen LogP contribution in [0.2, 0.25) is 5.02 Å². The molecule has 0 radical (unpaired) electrons. The molecule has 0 aliphatic rings. The smallest absolute Gasteiger partial charge is 0.188 e. The van der Waals surface area contributed by atoms with Crippen molar-refractivity contribution in [1.29, 1.82) is 0 Å². The molecule has 0 aliphatic carbocycles. The first-order chi connectivity index (χ1) is 8.95. The summed E-state index contributed by atoms with van der Waals surface area (Å²) in [5, 5.41) is 3.73. The molecule has 114 valence electrons. The molecule has 0 unspecified atom stereocenters. The summed E-state index contributed by atoms with van der Waals surface area (Å²) in [5.41, 5.74) is 6.82. The summed E-state index contributed by atoms with van der Waals surface area (Å²) >= 11 is 6.01. The molecule has 0 heterocycles. The Balaban J connectivity index is 0.00000361. The van der Waals surface area contributed by atoms with Gasteiger partial charge in [0.25, 0.3) is 0 Å². The molecule has 6 heteroatoms. The molecule has 0 saturated heterocycles. The Kier molecular flexibility index (Phi) is 9.16. The van der Waals surface area contributed by atoms with E-state index in [0.29, 0.717) is 25.7 Å². The van der Waals surface area contributed by atoms with E-state index in [2.05, 4.69) is 30.2 Å². The van der Waals surface area contributed by atoms with Crippen LogP contribution >= 0.6 is 35.6 Å². The first kappa shape index (κ1) is 19.5. The van der Waals surface area contributed by atoms with Crippen molar-refractivity contribution in [2.45, 2.75) is 19.3 Å². The van der Waals surface area contributed by atoms with Crippen LogP contribution in [0.15, 0.2) is 29.3 Å². The van der Waals surface area contributed by atoms with E-state index < -0.39 is 0 Å². The van der Waals surface area contributed by atoms with Gasteiger partial charge in [0.1, 0.15) is 0 Å². The molecular weight excluding hydrogens is 389 g/mol. The summed E-state index contributed by atoms with van der Waals surface area (Å²) in [6.45, 7) is 6.09. The van der Waals surface area contributed by atoms with Crippen LogP contribution in [-0.2, 0) is 10.2 Å². The van der Waals surface area contributed by atoms with Crippen molar-refractivity contribution in [1.82, 2.24) is 5.32 Å². The predicted octanol–water partition coefficient (Wildman–Crippen LogP) is 2.79. The summed E-state index contributed by atoms with van der Waals surface area (Å²) in [4.78, 5) is 4.36. The van der Waals surface area contributed by atoms with Crippen molar-refractivity contribution in [2.24, 2.45) is 10.7 Å². The summed E-state index contributed by atoms with van der Waals surface area (Å²) in [6.07, 6.45) is 0. The number of methoxy groups -OCH3 is 1. The minimum atomic E-state index is -0.113. The fraction of sp³-hybridized carbons (Fsp3) is 0.500. The van der Waals surface area contributed by atoms with Crippen LogP contribution in [0.5, 0.6) is 0 Å². The largest absolute Gasteiger partial charge is 0.383 e. The van der Waals surface area contributed by atoms with E-state index in [9.17, 15) is 0 Å². The molecule has 0 saturated carbocycles. The van der Waals surface area contributed by atoms with Crippen molar-refractivity contribution in [3.63, 3.8) is 0 Å². The zero-order valence-corrected chi connectivity index (χ0v) is 15.2. The molecule has 0 aliphatic heterocycles. The molecule has 0 atom stereocenters. The van der Waals surface area contributed by atoms with Gasteiger partial charge in [-0.1, -0.05) is 37.6 Å². The second-order valence-corrected chi connectivity index (χ2v) is 5.45. The third-order valence-electron chi connectivity index (χ3n) is 2.86. The summed E-state index contributed by atoms with van der Waals surface area (Å²) < 4.78 is 4.93. The van der Waals surface area contributed by atoms with E-state index >= 15 is 0 Å². The fourth-order valence-electron chi connectivity index (χ4n) is 1.62. The van der Waals surface area contributed by atoms with Gasteiger partial charge in [0, 0.05) is 24.1 Å². The summed E-state index contributed by atoms with van der Waals surface area (Å²) in [5.74, 6) is 0.437. The Labute approximate surface area is 143 Å².